The van der Waals surface area contributed by atoms with Gasteiger partial charge in [-0.05, 0) is 31.4 Å². The molecule has 1 saturated heterocycles. The number of likely N-dealkylation sites (tertiary alicyclic amines) is 1. The topological polar surface area (TPSA) is 64.6 Å². The van der Waals surface area contributed by atoms with Gasteiger partial charge >= 0.3 is 0 Å². The maximum atomic E-state index is 12.8. The summed E-state index contributed by atoms with van der Waals surface area (Å²) in [5.41, 5.74) is 1.73. The zero-order valence-corrected chi connectivity index (χ0v) is 13.9. The summed E-state index contributed by atoms with van der Waals surface area (Å²) < 4.78 is 11.1. The molecule has 1 aliphatic rings. The maximum absolute atomic E-state index is 12.8. The fourth-order valence-electron chi connectivity index (χ4n) is 2.89. The number of carbonyl (C=O) groups excluding carboxylic acids is 1. The Labute approximate surface area is 141 Å². The molecule has 0 radical (unpaired) electrons. The van der Waals surface area contributed by atoms with E-state index >= 15 is 0 Å². The maximum Gasteiger partial charge on any atom is 0.278 e. The highest BCUT2D eigenvalue weighted by Crippen LogP contribution is 2.24. The lowest BCUT2D eigenvalue weighted by Gasteiger charge is -2.33. The number of aromatic nitrogens is 2. The van der Waals surface area contributed by atoms with E-state index in [1.165, 1.54) is 7.11 Å². The number of benzene rings is 1. The lowest BCUT2D eigenvalue weighted by atomic mass is 10.0. The van der Waals surface area contributed by atoms with Crippen LogP contribution in [0.25, 0.3) is 0 Å². The summed E-state index contributed by atoms with van der Waals surface area (Å²) in [5, 5.41) is 0. The van der Waals surface area contributed by atoms with Gasteiger partial charge in [0.2, 0.25) is 0 Å². The molecule has 24 heavy (non-hydrogen) atoms. The molecule has 6 heteroatoms. The Morgan fingerprint density at radius 3 is 2.71 bits per heavy atom. The lowest BCUT2D eigenvalue weighted by molar-refractivity contribution is 0.0518. The summed E-state index contributed by atoms with van der Waals surface area (Å²) in [4.78, 5) is 22.9. The van der Waals surface area contributed by atoms with Crippen molar-refractivity contribution in [1.29, 1.82) is 0 Å². The number of ether oxygens (including phenoxy) is 2. The number of nitrogens with zero attached hydrogens (tertiary/aromatic N) is 3. The number of hydrogen-bond donors (Lipinski definition) is 0. The predicted molar refractivity (Wildman–Crippen MR) is 89.3 cm³/mol. The normalized spacial score (nSPS) is 17.4. The van der Waals surface area contributed by atoms with Crippen molar-refractivity contribution in [3.8, 4) is 11.8 Å². The minimum atomic E-state index is -0.114. The fourth-order valence-corrected chi connectivity index (χ4v) is 2.89. The van der Waals surface area contributed by atoms with Gasteiger partial charge in [0.25, 0.3) is 17.7 Å². The number of amides is 1. The standard InChI is InChI=1S/C18H21N3O3/c1-13-6-3-4-8-15(13)18(22)21-11-5-7-14(12-21)24-17-16(23-2)19-9-10-20-17/h3-4,6,8-10,14H,5,7,11-12H2,1-2H3. The van der Waals surface area contributed by atoms with Gasteiger partial charge in [-0.15, -0.1) is 0 Å². The van der Waals surface area contributed by atoms with Crippen LogP contribution in [-0.4, -0.2) is 47.1 Å². The number of carbonyl (C=O) groups is 1. The average Bonchev–Trinajstić information content (AvgIpc) is 2.62. The van der Waals surface area contributed by atoms with Crippen LogP contribution >= 0.6 is 0 Å². The van der Waals surface area contributed by atoms with Crippen molar-refractivity contribution >= 4 is 5.91 Å². The molecule has 6 nitrogen and oxygen atoms in total. The predicted octanol–water partition coefficient (Wildman–Crippen LogP) is 2.48. The zero-order chi connectivity index (χ0) is 16.9. The number of aryl methyl sites for hydroxylation is 1. The van der Waals surface area contributed by atoms with E-state index in [0.717, 1.165) is 30.5 Å². The average molecular weight is 327 g/mol. The molecule has 126 valence electrons. The first-order valence-corrected chi connectivity index (χ1v) is 8.05. The third kappa shape index (κ3) is 3.48. The SMILES string of the molecule is COc1nccnc1OC1CCCN(C(=O)c2ccccc2C)C1. The third-order valence-electron chi connectivity index (χ3n) is 4.15. The van der Waals surface area contributed by atoms with Crippen molar-refractivity contribution < 1.29 is 14.3 Å². The van der Waals surface area contributed by atoms with Crippen LogP contribution < -0.4 is 9.47 Å². The van der Waals surface area contributed by atoms with Crippen LogP contribution in [0.1, 0.15) is 28.8 Å². The van der Waals surface area contributed by atoms with E-state index in [0.29, 0.717) is 18.3 Å². The van der Waals surface area contributed by atoms with Gasteiger partial charge in [-0.2, -0.15) is 0 Å². The van der Waals surface area contributed by atoms with E-state index < -0.39 is 0 Å². The van der Waals surface area contributed by atoms with Crippen LogP contribution in [0.5, 0.6) is 11.8 Å². The molecule has 1 fully saturated rings. The minimum Gasteiger partial charge on any atom is -0.477 e. The molecular weight excluding hydrogens is 306 g/mol. The van der Waals surface area contributed by atoms with Gasteiger partial charge < -0.3 is 14.4 Å². The van der Waals surface area contributed by atoms with Crippen LogP contribution in [-0.2, 0) is 0 Å². The Kier molecular flexibility index (Phi) is 4.93. The first-order chi connectivity index (χ1) is 11.7. The smallest absolute Gasteiger partial charge is 0.278 e. The van der Waals surface area contributed by atoms with Gasteiger partial charge in [-0.1, -0.05) is 18.2 Å². The van der Waals surface area contributed by atoms with Gasteiger partial charge in [0, 0.05) is 24.5 Å². The summed E-state index contributed by atoms with van der Waals surface area (Å²) in [6.45, 7) is 3.23. The van der Waals surface area contributed by atoms with Crippen LogP contribution in [0.4, 0.5) is 0 Å². The molecule has 1 aliphatic heterocycles. The highest BCUT2D eigenvalue weighted by Gasteiger charge is 2.27. The number of piperidine rings is 1. The van der Waals surface area contributed by atoms with Crippen molar-refractivity contribution in [2.45, 2.75) is 25.9 Å². The molecule has 1 amide bonds. The molecule has 0 aliphatic carbocycles. The molecule has 1 aromatic heterocycles. The van der Waals surface area contributed by atoms with E-state index in [2.05, 4.69) is 9.97 Å². The molecule has 3 rings (SSSR count). The largest absolute Gasteiger partial charge is 0.477 e. The fraction of sp³-hybridized carbons (Fsp3) is 0.389. The molecular formula is C18H21N3O3. The Morgan fingerprint density at radius 2 is 1.96 bits per heavy atom. The van der Waals surface area contributed by atoms with Crippen LogP contribution in [0, 0.1) is 6.92 Å². The second-order valence-corrected chi connectivity index (χ2v) is 5.82. The highest BCUT2D eigenvalue weighted by atomic mass is 16.5. The minimum absolute atomic E-state index is 0.0486. The molecule has 2 aromatic rings. The van der Waals surface area contributed by atoms with E-state index in [-0.39, 0.29) is 12.0 Å². The van der Waals surface area contributed by atoms with Gasteiger partial charge in [0.1, 0.15) is 6.10 Å². The van der Waals surface area contributed by atoms with Crippen molar-refractivity contribution in [2.75, 3.05) is 20.2 Å². The van der Waals surface area contributed by atoms with Crippen molar-refractivity contribution in [3.05, 3.63) is 47.8 Å². The molecule has 1 atom stereocenters. The van der Waals surface area contributed by atoms with E-state index in [9.17, 15) is 4.79 Å². The molecule has 1 aromatic carbocycles. The first kappa shape index (κ1) is 16.2. The van der Waals surface area contributed by atoms with Crippen LogP contribution in [0.2, 0.25) is 0 Å². The van der Waals surface area contributed by atoms with Gasteiger partial charge in [0.15, 0.2) is 0 Å². The van der Waals surface area contributed by atoms with Crippen molar-refractivity contribution in [1.82, 2.24) is 14.9 Å². The van der Waals surface area contributed by atoms with Gasteiger partial charge in [0.05, 0.1) is 13.7 Å². The number of methoxy groups -OCH3 is 1. The quantitative estimate of drug-likeness (QED) is 0.863. The molecule has 2 heterocycles. The summed E-state index contributed by atoms with van der Waals surface area (Å²) >= 11 is 0. The summed E-state index contributed by atoms with van der Waals surface area (Å²) in [5.74, 6) is 0.780. The van der Waals surface area contributed by atoms with Crippen molar-refractivity contribution in [3.63, 3.8) is 0 Å². The Bertz CT molecular complexity index is 720. The second kappa shape index (κ2) is 7.29. The number of hydrogen-bond acceptors (Lipinski definition) is 5. The molecule has 1 unspecified atom stereocenters. The van der Waals surface area contributed by atoms with Crippen LogP contribution in [0.15, 0.2) is 36.7 Å². The van der Waals surface area contributed by atoms with Crippen molar-refractivity contribution in [2.24, 2.45) is 0 Å². The van der Waals surface area contributed by atoms with E-state index in [1.54, 1.807) is 12.4 Å². The molecule has 0 saturated carbocycles. The Morgan fingerprint density at radius 1 is 1.21 bits per heavy atom. The zero-order valence-electron chi connectivity index (χ0n) is 13.9. The van der Waals surface area contributed by atoms with Crippen LogP contribution in [0.3, 0.4) is 0 Å². The Hall–Kier alpha value is -2.63. The van der Waals surface area contributed by atoms with E-state index in [4.69, 9.17) is 9.47 Å². The number of rotatable bonds is 4. The summed E-state index contributed by atoms with van der Waals surface area (Å²) in [7, 11) is 1.53. The third-order valence-corrected chi connectivity index (χ3v) is 4.15. The molecule has 0 bridgehead atoms. The molecule has 0 N–H and O–H groups in total. The van der Waals surface area contributed by atoms with Gasteiger partial charge in [-0.3, -0.25) is 4.79 Å². The second-order valence-electron chi connectivity index (χ2n) is 5.82. The first-order valence-electron chi connectivity index (χ1n) is 8.05. The van der Waals surface area contributed by atoms with Gasteiger partial charge in [-0.25, -0.2) is 9.97 Å². The summed E-state index contributed by atoms with van der Waals surface area (Å²) in [6.07, 6.45) is 4.77. The summed E-state index contributed by atoms with van der Waals surface area (Å²) in [6, 6.07) is 7.65. The Balaban J connectivity index is 1.70. The lowest BCUT2D eigenvalue weighted by Crippen LogP contribution is -2.44. The monoisotopic (exact) mass is 327 g/mol. The molecule has 0 spiro atoms. The highest BCUT2D eigenvalue weighted by molar-refractivity contribution is 5.95. The van der Waals surface area contributed by atoms with E-state index in [1.807, 2.05) is 36.1 Å².